The number of hydrogen-bond donors (Lipinski definition) is 1. The van der Waals surface area contributed by atoms with Crippen LogP contribution in [0.15, 0.2) is 47.3 Å². The first-order valence-electron chi connectivity index (χ1n) is 10.9. The molecule has 0 spiro atoms. The molecule has 4 rings (SSSR count). The summed E-state index contributed by atoms with van der Waals surface area (Å²) in [7, 11) is 3.35. The van der Waals surface area contributed by atoms with Crippen molar-refractivity contribution < 1.29 is 9.47 Å². The molecule has 1 aliphatic rings. The third kappa shape index (κ3) is 4.00. The first-order valence-corrected chi connectivity index (χ1v) is 11.3. The molecule has 32 heavy (non-hydrogen) atoms. The Kier molecular flexibility index (Phi) is 6.53. The number of nitrogens with one attached hydrogen (secondary N) is 1. The average molecular weight is 454 g/mol. The van der Waals surface area contributed by atoms with Gasteiger partial charge in [0, 0.05) is 25.6 Å². The number of nitrogens with zero attached hydrogens (tertiary/aromatic N) is 2. The Labute approximate surface area is 193 Å². The van der Waals surface area contributed by atoms with Crippen LogP contribution in [0.1, 0.15) is 36.7 Å². The standard InChI is InChI=1S/C25H28ClN3O3/c1-5-20-24(28-22-17-10-8-7-9-15(17)13-21(22)32-6-2)29(3)25(30)23(27-20)18-12-11-16(31-4)14-19(18)26/h7-12,14,21-22,28H,5-6,13H2,1-4H3/t21-,22+/m0/s1. The Morgan fingerprint density at radius 2 is 2.00 bits per heavy atom. The number of rotatable bonds is 7. The molecular weight excluding hydrogens is 426 g/mol. The van der Waals surface area contributed by atoms with Gasteiger partial charge in [-0.3, -0.25) is 9.36 Å². The Morgan fingerprint density at radius 1 is 1.22 bits per heavy atom. The van der Waals surface area contributed by atoms with Crippen LogP contribution in [0.3, 0.4) is 0 Å². The highest BCUT2D eigenvalue weighted by atomic mass is 35.5. The van der Waals surface area contributed by atoms with E-state index in [1.165, 1.54) is 11.1 Å². The summed E-state index contributed by atoms with van der Waals surface area (Å²) in [6, 6.07) is 13.5. The highest BCUT2D eigenvalue weighted by Crippen LogP contribution is 2.37. The predicted octanol–water partition coefficient (Wildman–Crippen LogP) is 4.79. The van der Waals surface area contributed by atoms with Crippen LogP contribution < -0.4 is 15.6 Å². The molecule has 6 nitrogen and oxygen atoms in total. The highest BCUT2D eigenvalue weighted by Gasteiger charge is 2.34. The van der Waals surface area contributed by atoms with Crippen LogP contribution in [-0.4, -0.2) is 29.4 Å². The lowest BCUT2D eigenvalue weighted by Crippen LogP contribution is -2.31. The minimum absolute atomic E-state index is 0.00656. The molecule has 1 N–H and O–H groups in total. The van der Waals surface area contributed by atoms with Crippen molar-refractivity contribution in [2.75, 3.05) is 19.0 Å². The summed E-state index contributed by atoms with van der Waals surface area (Å²) in [5.74, 6) is 1.34. The van der Waals surface area contributed by atoms with E-state index in [0.29, 0.717) is 40.9 Å². The number of aromatic nitrogens is 2. The second-order valence-corrected chi connectivity index (χ2v) is 8.25. The second-order valence-electron chi connectivity index (χ2n) is 7.84. The van der Waals surface area contributed by atoms with Gasteiger partial charge >= 0.3 is 0 Å². The number of halogens is 1. The normalized spacial score (nSPS) is 17.3. The summed E-state index contributed by atoms with van der Waals surface area (Å²) in [6.45, 7) is 4.66. The minimum atomic E-state index is -0.212. The van der Waals surface area contributed by atoms with Crippen molar-refractivity contribution in [2.24, 2.45) is 7.05 Å². The topological polar surface area (TPSA) is 65.4 Å². The van der Waals surface area contributed by atoms with E-state index >= 15 is 0 Å². The van der Waals surface area contributed by atoms with Gasteiger partial charge in [0.05, 0.1) is 30.0 Å². The van der Waals surface area contributed by atoms with Crippen LogP contribution in [0.5, 0.6) is 5.75 Å². The molecule has 1 aliphatic carbocycles. The zero-order valence-electron chi connectivity index (χ0n) is 18.8. The Morgan fingerprint density at radius 3 is 2.69 bits per heavy atom. The number of anilines is 1. The first-order chi connectivity index (χ1) is 15.5. The van der Waals surface area contributed by atoms with E-state index < -0.39 is 0 Å². The van der Waals surface area contributed by atoms with Crippen LogP contribution in [0, 0.1) is 0 Å². The Balaban J connectivity index is 1.78. The number of benzene rings is 2. The van der Waals surface area contributed by atoms with Crippen LogP contribution in [-0.2, 0) is 24.6 Å². The molecule has 0 aliphatic heterocycles. The van der Waals surface area contributed by atoms with Crippen molar-refractivity contribution in [1.82, 2.24) is 9.55 Å². The van der Waals surface area contributed by atoms with Crippen LogP contribution in [0.4, 0.5) is 5.82 Å². The maximum absolute atomic E-state index is 13.3. The molecule has 0 amide bonds. The average Bonchev–Trinajstić information content (AvgIpc) is 3.14. The van der Waals surface area contributed by atoms with Gasteiger partial charge < -0.3 is 14.8 Å². The number of fused-ring (bicyclic) bond motifs is 1. The lowest BCUT2D eigenvalue weighted by Gasteiger charge is -2.25. The predicted molar refractivity (Wildman–Crippen MR) is 128 cm³/mol. The number of methoxy groups -OCH3 is 1. The highest BCUT2D eigenvalue weighted by molar-refractivity contribution is 6.33. The fraction of sp³-hybridized carbons (Fsp3) is 0.360. The van der Waals surface area contributed by atoms with Crippen LogP contribution in [0.25, 0.3) is 11.3 Å². The Hall–Kier alpha value is -2.83. The summed E-state index contributed by atoms with van der Waals surface area (Å²) in [5, 5.41) is 4.02. The number of aryl methyl sites for hydroxylation is 1. The molecule has 0 bridgehead atoms. The maximum Gasteiger partial charge on any atom is 0.278 e. The molecule has 0 radical (unpaired) electrons. The van der Waals surface area contributed by atoms with Gasteiger partial charge in [-0.05, 0) is 42.7 Å². The zero-order chi connectivity index (χ0) is 22.8. The van der Waals surface area contributed by atoms with Crippen molar-refractivity contribution >= 4 is 17.4 Å². The minimum Gasteiger partial charge on any atom is -0.497 e. The number of ether oxygens (including phenoxy) is 2. The van der Waals surface area contributed by atoms with Crippen molar-refractivity contribution in [3.05, 3.63) is 74.7 Å². The molecule has 0 unspecified atom stereocenters. The van der Waals surface area contributed by atoms with E-state index in [2.05, 4.69) is 17.4 Å². The van der Waals surface area contributed by atoms with Gasteiger partial charge in [0.25, 0.3) is 5.56 Å². The van der Waals surface area contributed by atoms with Gasteiger partial charge in [0.15, 0.2) is 0 Å². The quantitative estimate of drug-likeness (QED) is 0.557. The smallest absolute Gasteiger partial charge is 0.278 e. The van der Waals surface area contributed by atoms with E-state index in [1.54, 1.807) is 36.9 Å². The van der Waals surface area contributed by atoms with Gasteiger partial charge in [-0.25, -0.2) is 4.98 Å². The molecule has 2 aromatic carbocycles. The summed E-state index contributed by atoms with van der Waals surface area (Å²) in [5.41, 5.74) is 3.97. The molecule has 3 aromatic rings. The molecular formula is C25H28ClN3O3. The number of hydrogen-bond acceptors (Lipinski definition) is 5. The van der Waals surface area contributed by atoms with Crippen molar-refractivity contribution in [1.29, 1.82) is 0 Å². The lowest BCUT2D eigenvalue weighted by atomic mass is 10.1. The molecule has 1 aromatic heterocycles. The van der Waals surface area contributed by atoms with E-state index in [-0.39, 0.29) is 17.7 Å². The fourth-order valence-electron chi connectivity index (χ4n) is 4.35. The van der Waals surface area contributed by atoms with Gasteiger partial charge in [0.2, 0.25) is 0 Å². The summed E-state index contributed by atoms with van der Waals surface area (Å²) in [6.07, 6.45) is 1.49. The molecule has 0 saturated carbocycles. The van der Waals surface area contributed by atoms with Gasteiger partial charge in [-0.1, -0.05) is 42.8 Å². The van der Waals surface area contributed by atoms with Crippen LogP contribution in [0.2, 0.25) is 5.02 Å². The second kappa shape index (κ2) is 9.35. The first kappa shape index (κ1) is 22.4. The molecule has 168 valence electrons. The fourth-order valence-corrected chi connectivity index (χ4v) is 4.61. The zero-order valence-corrected chi connectivity index (χ0v) is 19.6. The molecule has 2 atom stereocenters. The van der Waals surface area contributed by atoms with Crippen LogP contribution >= 0.6 is 11.6 Å². The lowest BCUT2D eigenvalue weighted by molar-refractivity contribution is 0.0572. The van der Waals surface area contributed by atoms with E-state index in [0.717, 1.165) is 12.1 Å². The molecule has 1 heterocycles. The summed E-state index contributed by atoms with van der Waals surface area (Å²) >= 11 is 6.45. The SMILES string of the molecule is CCO[C@H]1Cc2ccccc2[C@H]1Nc1c(CC)nc(-c2ccc(OC)cc2Cl)c(=O)n1C. The molecule has 0 fully saturated rings. The van der Waals surface area contributed by atoms with E-state index in [9.17, 15) is 4.79 Å². The van der Waals surface area contributed by atoms with Crippen molar-refractivity contribution in [2.45, 2.75) is 38.8 Å². The summed E-state index contributed by atoms with van der Waals surface area (Å²) in [4.78, 5) is 18.1. The van der Waals surface area contributed by atoms with E-state index in [1.807, 2.05) is 26.0 Å². The van der Waals surface area contributed by atoms with Crippen molar-refractivity contribution in [3.8, 4) is 17.0 Å². The monoisotopic (exact) mass is 453 g/mol. The Bertz CT molecular complexity index is 1190. The van der Waals surface area contributed by atoms with Gasteiger partial charge in [-0.15, -0.1) is 0 Å². The summed E-state index contributed by atoms with van der Waals surface area (Å²) < 4.78 is 12.9. The van der Waals surface area contributed by atoms with Gasteiger partial charge in [-0.2, -0.15) is 0 Å². The third-order valence-electron chi connectivity index (χ3n) is 5.98. The van der Waals surface area contributed by atoms with Gasteiger partial charge in [0.1, 0.15) is 17.3 Å². The van der Waals surface area contributed by atoms with E-state index in [4.69, 9.17) is 26.1 Å². The van der Waals surface area contributed by atoms with Crippen molar-refractivity contribution in [3.63, 3.8) is 0 Å². The maximum atomic E-state index is 13.3. The molecule has 7 heteroatoms. The molecule has 0 saturated heterocycles. The third-order valence-corrected chi connectivity index (χ3v) is 6.30. The largest absolute Gasteiger partial charge is 0.497 e.